The van der Waals surface area contributed by atoms with Crippen LogP contribution in [0.25, 0.3) is 0 Å². The summed E-state index contributed by atoms with van der Waals surface area (Å²) in [5.41, 5.74) is 7.53. The molecule has 0 aliphatic rings. The molecule has 5 heteroatoms. The molecule has 0 spiro atoms. The van der Waals surface area contributed by atoms with E-state index in [2.05, 4.69) is 0 Å². The van der Waals surface area contributed by atoms with Crippen molar-refractivity contribution in [2.24, 2.45) is 5.73 Å². The van der Waals surface area contributed by atoms with Crippen LogP contribution in [0.15, 0.2) is 18.2 Å². The van der Waals surface area contributed by atoms with Crippen molar-refractivity contribution in [2.45, 2.75) is 31.6 Å². The Morgan fingerprint density at radius 3 is 2.53 bits per heavy atom. The minimum absolute atomic E-state index is 0.329. The van der Waals surface area contributed by atoms with Crippen LogP contribution in [0.5, 0.6) is 0 Å². The molecule has 96 valence electrons. The molecule has 0 fully saturated rings. The monoisotopic (exact) mass is 259 g/mol. The van der Waals surface area contributed by atoms with Crippen molar-refractivity contribution in [3.05, 3.63) is 35.1 Å². The van der Waals surface area contributed by atoms with E-state index in [1.165, 1.54) is 12.1 Å². The van der Waals surface area contributed by atoms with Crippen LogP contribution >= 0.6 is 0 Å². The first-order chi connectivity index (χ1) is 7.71. The molecular formula is C12H18FNO2S. The van der Waals surface area contributed by atoms with Gasteiger partial charge in [0.1, 0.15) is 5.82 Å². The second-order valence-corrected chi connectivity index (χ2v) is 6.88. The number of rotatable bonds is 4. The summed E-state index contributed by atoms with van der Waals surface area (Å²) in [6, 6.07) is 3.93. The summed E-state index contributed by atoms with van der Waals surface area (Å²) in [5, 5.41) is -0.634. The predicted molar refractivity (Wildman–Crippen MR) is 67.1 cm³/mol. The Kier molecular flexibility index (Phi) is 4.27. The Bertz CT molecular complexity index is 499. The van der Waals surface area contributed by atoms with Crippen molar-refractivity contribution in [3.63, 3.8) is 0 Å². The highest BCUT2D eigenvalue weighted by Crippen LogP contribution is 2.15. The summed E-state index contributed by atoms with van der Waals surface area (Å²) in [7, 11) is -3.16. The van der Waals surface area contributed by atoms with Crippen LogP contribution in [-0.4, -0.2) is 26.0 Å². The molecule has 0 radical (unpaired) electrons. The number of halogens is 1. The van der Waals surface area contributed by atoms with E-state index in [4.69, 9.17) is 5.73 Å². The van der Waals surface area contributed by atoms with Gasteiger partial charge in [-0.2, -0.15) is 0 Å². The molecule has 3 nitrogen and oxygen atoms in total. The Morgan fingerprint density at radius 1 is 1.41 bits per heavy atom. The van der Waals surface area contributed by atoms with Gasteiger partial charge in [0.2, 0.25) is 0 Å². The number of hydrogen-bond acceptors (Lipinski definition) is 3. The molecule has 0 aliphatic heterocycles. The lowest BCUT2D eigenvalue weighted by Crippen LogP contribution is -2.39. The van der Waals surface area contributed by atoms with E-state index in [0.29, 0.717) is 6.42 Å². The van der Waals surface area contributed by atoms with Gasteiger partial charge in [-0.05, 0) is 43.5 Å². The molecular weight excluding hydrogens is 241 g/mol. The summed E-state index contributed by atoms with van der Waals surface area (Å²) >= 11 is 0. The molecule has 0 saturated carbocycles. The second-order valence-electron chi connectivity index (χ2n) is 4.47. The maximum atomic E-state index is 13.1. The molecule has 0 bridgehead atoms. The van der Waals surface area contributed by atoms with E-state index in [9.17, 15) is 12.8 Å². The molecule has 0 aromatic heterocycles. The van der Waals surface area contributed by atoms with E-state index < -0.39 is 21.1 Å². The summed E-state index contributed by atoms with van der Waals surface area (Å²) in [4.78, 5) is 0. The van der Waals surface area contributed by atoms with E-state index >= 15 is 0 Å². The Labute approximate surface area is 102 Å². The number of aryl methyl sites for hydroxylation is 1. The quantitative estimate of drug-likeness (QED) is 0.890. The van der Waals surface area contributed by atoms with Gasteiger partial charge in [0.05, 0.1) is 5.25 Å². The van der Waals surface area contributed by atoms with Crippen LogP contribution in [0.1, 0.15) is 18.1 Å². The van der Waals surface area contributed by atoms with Crippen LogP contribution in [-0.2, 0) is 16.3 Å². The van der Waals surface area contributed by atoms with Crippen molar-refractivity contribution in [2.75, 3.05) is 6.26 Å². The van der Waals surface area contributed by atoms with Crippen LogP contribution < -0.4 is 5.73 Å². The molecule has 1 aromatic carbocycles. The van der Waals surface area contributed by atoms with Crippen LogP contribution in [0.4, 0.5) is 4.39 Å². The molecule has 0 aliphatic carbocycles. The molecule has 0 heterocycles. The van der Waals surface area contributed by atoms with Gasteiger partial charge in [-0.1, -0.05) is 6.07 Å². The van der Waals surface area contributed by atoms with E-state index in [1.807, 2.05) is 6.92 Å². The van der Waals surface area contributed by atoms with Crippen molar-refractivity contribution >= 4 is 9.84 Å². The van der Waals surface area contributed by atoms with Crippen molar-refractivity contribution in [1.29, 1.82) is 0 Å². The first-order valence-corrected chi connectivity index (χ1v) is 7.36. The summed E-state index contributed by atoms with van der Waals surface area (Å²) < 4.78 is 35.8. The average molecular weight is 259 g/mol. The number of hydrogen-bond donors (Lipinski definition) is 1. The highest BCUT2D eigenvalue weighted by atomic mass is 32.2. The standard InChI is InChI=1S/C12H18FNO2S/c1-8-4-5-11(13)6-10(8)7-12(14)9(2)17(3,15)16/h4-6,9,12H,7,14H2,1-3H3. The van der Waals surface area contributed by atoms with Gasteiger partial charge in [0.25, 0.3) is 0 Å². The van der Waals surface area contributed by atoms with Crippen molar-refractivity contribution in [3.8, 4) is 0 Å². The number of benzene rings is 1. The average Bonchev–Trinajstić information content (AvgIpc) is 2.21. The zero-order valence-corrected chi connectivity index (χ0v) is 11.1. The second kappa shape index (κ2) is 5.14. The first-order valence-electron chi connectivity index (χ1n) is 5.41. The van der Waals surface area contributed by atoms with Gasteiger partial charge in [0, 0.05) is 12.3 Å². The van der Waals surface area contributed by atoms with Gasteiger partial charge in [-0.25, -0.2) is 12.8 Å². The molecule has 17 heavy (non-hydrogen) atoms. The van der Waals surface area contributed by atoms with Gasteiger partial charge in [0.15, 0.2) is 9.84 Å². The molecule has 2 unspecified atom stereocenters. The van der Waals surface area contributed by atoms with Crippen molar-refractivity contribution < 1.29 is 12.8 Å². The van der Waals surface area contributed by atoms with E-state index in [0.717, 1.165) is 17.4 Å². The largest absolute Gasteiger partial charge is 0.326 e. The molecule has 1 rings (SSSR count). The Morgan fingerprint density at radius 2 is 2.00 bits per heavy atom. The lowest BCUT2D eigenvalue weighted by Gasteiger charge is -2.19. The van der Waals surface area contributed by atoms with Crippen LogP contribution in [0.3, 0.4) is 0 Å². The fourth-order valence-corrected chi connectivity index (χ4v) is 2.33. The smallest absolute Gasteiger partial charge is 0.151 e. The third-order valence-corrected chi connectivity index (χ3v) is 4.75. The van der Waals surface area contributed by atoms with E-state index in [-0.39, 0.29) is 5.82 Å². The zero-order valence-electron chi connectivity index (χ0n) is 10.3. The lowest BCUT2D eigenvalue weighted by atomic mass is 10.00. The molecule has 0 saturated heterocycles. The van der Waals surface area contributed by atoms with Gasteiger partial charge >= 0.3 is 0 Å². The van der Waals surface area contributed by atoms with Crippen molar-refractivity contribution in [1.82, 2.24) is 0 Å². The number of sulfone groups is 1. The highest BCUT2D eigenvalue weighted by Gasteiger charge is 2.23. The van der Waals surface area contributed by atoms with Crippen LogP contribution in [0, 0.1) is 12.7 Å². The lowest BCUT2D eigenvalue weighted by molar-refractivity contribution is 0.560. The maximum absolute atomic E-state index is 13.1. The Balaban J connectivity index is 2.88. The fraction of sp³-hybridized carbons (Fsp3) is 0.500. The molecule has 2 atom stereocenters. The van der Waals surface area contributed by atoms with Gasteiger partial charge < -0.3 is 5.73 Å². The third kappa shape index (κ3) is 3.78. The Hall–Kier alpha value is -0.940. The van der Waals surface area contributed by atoms with Gasteiger partial charge in [-0.15, -0.1) is 0 Å². The predicted octanol–water partition coefficient (Wildman–Crippen LogP) is 1.44. The topological polar surface area (TPSA) is 60.2 Å². The van der Waals surface area contributed by atoms with E-state index in [1.54, 1.807) is 13.0 Å². The molecule has 1 aromatic rings. The fourth-order valence-electron chi connectivity index (χ4n) is 1.60. The number of nitrogens with two attached hydrogens (primary N) is 1. The molecule has 0 amide bonds. The third-order valence-electron chi connectivity index (χ3n) is 3.05. The maximum Gasteiger partial charge on any atom is 0.151 e. The highest BCUT2D eigenvalue weighted by molar-refractivity contribution is 7.91. The van der Waals surface area contributed by atoms with Crippen LogP contribution in [0.2, 0.25) is 0 Å². The summed E-state index contributed by atoms with van der Waals surface area (Å²) in [5.74, 6) is -0.329. The summed E-state index contributed by atoms with van der Waals surface area (Å²) in [6.07, 6.45) is 1.52. The SMILES string of the molecule is Cc1ccc(F)cc1CC(N)C(C)S(C)(=O)=O. The molecule has 2 N–H and O–H groups in total. The van der Waals surface area contributed by atoms with Gasteiger partial charge in [-0.3, -0.25) is 0 Å². The zero-order chi connectivity index (χ0) is 13.2. The normalized spacial score (nSPS) is 15.6. The minimum atomic E-state index is -3.16. The minimum Gasteiger partial charge on any atom is -0.326 e. The summed E-state index contributed by atoms with van der Waals surface area (Å²) in [6.45, 7) is 3.43. The first kappa shape index (κ1) is 14.1.